The van der Waals surface area contributed by atoms with Gasteiger partial charge >= 0.3 is 6.03 Å². The molecule has 1 aromatic carbocycles. The van der Waals surface area contributed by atoms with Gasteiger partial charge in [0, 0.05) is 29.9 Å². The minimum atomic E-state index is -0.284. The molecule has 1 atom stereocenters. The highest BCUT2D eigenvalue weighted by atomic mass is 16.2. The first kappa shape index (κ1) is 18.0. The maximum Gasteiger partial charge on any atom is 0.319 e. The van der Waals surface area contributed by atoms with Crippen LogP contribution in [0.4, 0.5) is 10.5 Å². The highest BCUT2D eigenvalue weighted by Crippen LogP contribution is 2.10. The number of hydrogen-bond donors (Lipinski definition) is 4. The fourth-order valence-corrected chi connectivity index (χ4v) is 1.94. The molecular formula is C16H26N4O2. The first-order valence-corrected chi connectivity index (χ1v) is 7.61. The zero-order chi connectivity index (χ0) is 16.5. The Labute approximate surface area is 132 Å². The van der Waals surface area contributed by atoms with Gasteiger partial charge < -0.3 is 21.3 Å². The SMILES string of the molecule is CCN[C@H](C)CNC(=O)c1cccc(NC(=O)NC(C)C)c1. The van der Waals surface area contributed by atoms with E-state index in [1.165, 1.54) is 0 Å². The van der Waals surface area contributed by atoms with E-state index in [1.54, 1.807) is 24.3 Å². The predicted molar refractivity (Wildman–Crippen MR) is 89.2 cm³/mol. The predicted octanol–water partition coefficient (Wildman–Crippen LogP) is 1.94. The molecule has 0 aliphatic rings. The van der Waals surface area contributed by atoms with Crippen molar-refractivity contribution in [2.45, 2.75) is 39.8 Å². The second-order valence-corrected chi connectivity index (χ2v) is 5.50. The third kappa shape index (κ3) is 6.58. The van der Waals surface area contributed by atoms with Crippen LogP contribution in [-0.2, 0) is 0 Å². The third-order valence-corrected chi connectivity index (χ3v) is 2.92. The number of hydrogen-bond acceptors (Lipinski definition) is 3. The number of benzene rings is 1. The summed E-state index contributed by atoms with van der Waals surface area (Å²) in [6, 6.07) is 6.86. The van der Waals surface area contributed by atoms with Gasteiger partial charge in [-0.1, -0.05) is 13.0 Å². The van der Waals surface area contributed by atoms with Gasteiger partial charge in [-0.15, -0.1) is 0 Å². The van der Waals surface area contributed by atoms with Crippen molar-refractivity contribution in [3.8, 4) is 0 Å². The fourth-order valence-electron chi connectivity index (χ4n) is 1.94. The molecule has 0 aliphatic heterocycles. The molecule has 0 radical (unpaired) electrons. The van der Waals surface area contributed by atoms with Gasteiger partial charge in [0.2, 0.25) is 0 Å². The highest BCUT2D eigenvalue weighted by Gasteiger charge is 2.09. The first-order chi connectivity index (χ1) is 10.4. The summed E-state index contributed by atoms with van der Waals surface area (Å²) in [5, 5.41) is 11.5. The summed E-state index contributed by atoms with van der Waals surface area (Å²) >= 11 is 0. The van der Waals surface area contributed by atoms with Crippen LogP contribution in [0.5, 0.6) is 0 Å². The Morgan fingerprint density at radius 3 is 2.55 bits per heavy atom. The summed E-state index contributed by atoms with van der Waals surface area (Å²) in [6.07, 6.45) is 0. The Morgan fingerprint density at radius 2 is 1.91 bits per heavy atom. The molecule has 0 saturated heterocycles. The van der Waals surface area contributed by atoms with Crippen LogP contribution in [0.1, 0.15) is 38.1 Å². The molecule has 122 valence electrons. The van der Waals surface area contributed by atoms with E-state index in [4.69, 9.17) is 0 Å². The normalized spacial score (nSPS) is 11.9. The summed E-state index contributed by atoms with van der Waals surface area (Å²) in [7, 11) is 0. The van der Waals surface area contributed by atoms with Crippen molar-refractivity contribution in [1.82, 2.24) is 16.0 Å². The van der Waals surface area contributed by atoms with Gasteiger partial charge in [0.1, 0.15) is 0 Å². The molecule has 6 nitrogen and oxygen atoms in total. The van der Waals surface area contributed by atoms with E-state index in [2.05, 4.69) is 21.3 Å². The number of amides is 3. The molecule has 0 fully saturated rings. The van der Waals surface area contributed by atoms with E-state index in [0.29, 0.717) is 17.8 Å². The zero-order valence-corrected chi connectivity index (χ0v) is 13.7. The molecule has 1 rings (SSSR count). The van der Waals surface area contributed by atoms with Gasteiger partial charge in [-0.25, -0.2) is 4.79 Å². The molecule has 0 saturated carbocycles. The molecule has 1 aromatic rings. The number of nitrogens with one attached hydrogen (secondary N) is 4. The van der Waals surface area contributed by atoms with Crippen molar-refractivity contribution in [3.63, 3.8) is 0 Å². The van der Waals surface area contributed by atoms with Gasteiger partial charge in [0.25, 0.3) is 5.91 Å². The fraction of sp³-hybridized carbons (Fsp3) is 0.500. The Kier molecular flexibility index (Phi) is 7.39. The molecule has 22 heavy (non-hydrogen) atoms. The molecule has 0 unspecified atom stereocenters. The van der Waals surface area contributed by atoms with Crippen LogP contribution >= 0.6 is 0 Å². The summed E-state index contributed by atoms with van der Waals surface area (Å²) in [5.41, 5.74) is 1.11. The van der Waals surface area contributed by atoms with Crippen molar-refractivity contribution < 1.29 is 9.59 Å². The van der Waals surface area contributed by atoms with Crippen molar-refractivity contribution in [2.75, 3.05) is 18.4 Å². The zero-order valence-electron chi connectivity index (χ0n) is 13.7. The largest absolute Gasteiger partial charge is 0.350 e. The van der Waals surface area contributed by atoms with Crippen LogP contribution in [0.15, 0.2) is 24.3 Å². The summed E-state index contributed by atoms with van der Waals surface area (Å²) in [6.45, 7) is 9.22. The topological polar surface area (TPSA) is 82.3 Å². The van der Waals surface area contributed by atoms with Crippen molar-refractivity contribution in [1.29, 1.82) is 0 Å². The minimum Gasteiger partial charge on any atom is -0.350 e. The number of carbonyl (C=O) groups is 2. The standard InChI is InChI=1S/C16H26N4O2/c1-5-17-12(4)10-18-15(21)13-7-6-8-14(9-13)20-16(22)19-11(2)3/h6-9,11-12,17H,5,10H2,1-4H3,(H,18,21)(H2,19,20,22)/t12-/m1/s1. The number of urea groups is 1. The van der Waals surface area contributed by atoms with Gasteiger partial charge in [0.05, 0.1) is 0 Å². The Bertz CT molecular complexity index is 503. The van der Waals surface area contributed by atoms with Crippen LogP contribution in [0.2, 0.25) is 0 Å². The molecule has 4 N–H and O–H groups in total. The average molecular weight is 306 g/mol. The van der Waals surface area contributed by atoms with E-state index < -0.39 is 0 Å². The van der Waals surface area contributed by atoms with E-state index in [9.17, 15) is 9.59 Å². The van der Waals surface area contributed by atoms with Gasteiger partial charge in [0.15, 0.2) is 0 Å². The molecule has 0 heterocycles. The quantitative estimate of drug-likeness (QED) is 0.621. The lowest BCUT2D eigenvalue weighted by molar-refractivity contribution is 0.0950. The van der Waals surface area contributed by atoms with Gasteiger partial charge in [-0.05, 0) is 45.5 Å². The molecule has 0 aromatic heterocycles. The van der Waals surface area contributed by atoms with Crippen LogP contribution in [0.25, 0.3) is 0 Å². The Hall–Kier alpha value is -2.08. The van der Waals surface area contributed by atoms with Crippen LogP contribution in [0, 0.1) is 0 Å². The first-order valence-electron chi connectivity index (χ1n) is 7.61. The molecule has 3 amide bonds. The number of rotatable bonds is 7. The lowest BCUT2D eigenvalue weighted by Crippen LogP contribution is -2.38. The summed E-state index contributed by atoms with van der Waals surface area (Å²) in [4.78, 5) is 23.8. The Morgan fingerprint density at radius 1 is 1.18 bits per heavy atom. The monoisotopic (exact) mass is 306 g/mol. The van der Waals surface area contributed by atoms with E-state index in [-0.39, 0.29) is 24.0 Å². The molecule has 0 bridgehead atoms. The number of carbonyl (C=O) groups excluding carboxylic acids is 2. The second kappa shape index (κ2) is 9.04. The molecular weight excluding hydrogens is 280 g/mol. The summed E-state index contributed by atoms with van der Waals surface area (Å²) in [5.74, 6) is -0.155. The summed E-state index contributed by atoms with van der Waals surface area (Å²) < 4.78 is 0. The average Bonchev–Trinajstić information content (AvgIpc) is 2.44. The Balaban J connectivity index is 2.59. The second-order valence-electron chi connectivity index (χ2n) is 5.50. The lowest BCUT2D eigenvalue weighted by atomic mass is 10.2. The van der Waals surface area contributed by atoms with Crippen LogP contribution in [0.3, 0.4) is 0 Å². The van der Waals surface area contributed by atoms with Crippen molar-refractivity contribution in [3.05, 3.63) is 29.8 Å². The number of likely N-dealkylation sites (N-methyl/N-ethyl adjacent to an activating group) is 1. The minimum absolute atomic E-state index is 0.0547. The van der Waals surface area contributed by atoms with Crippen molar-refractivity contribution in [2.24, 2.45) is 0 Å². The van der Waals surface area contributed by atoms with Gasteiger partial charge in [-0.3, -0.25) is 4.79 Å². The van der Waals surface area contributed by atoms with E-state index >= 15 is 0 Å². The van der Waals surface area contributed by atoms with Gasteiger partial charge in [-0.2, -0.15) is 0 Å². The maximum atomic E-state index is 12.1. The molecule has 0 spiro atoms. The smallest absolute Gasteiger partial charge is 0.319 e. The third-order valence-electron chi connectivity index (χ3n) is 2.92. The molecule has 6 heteroatoms. The van der Waals surface area contributed by atoms with Crippen LogP contribution in [-0.4, -0.2) is 37.1 Å². The van der Waals surface area contributed by atoms with Crippen molar-refractivity contribution >= 4 is 17.6 Å². The van der Waals surface area contributed by atoms with E-state index in [0.717, 1.165) is 6.54 Å². The lowest BCUT2D eigenvalue weighted by Gasteiger charge is -2.14. The molecule has 0 aliphatic carbocycles. The highest BCUT2D eigenvalue weighted by molar-refractivity contribution is 5.96. The maximum absolute atomic E-state index is 12.1. The number of anilines is 1. The van der Waals surface area contributed by atoms with Crippen LogP contribution < -0.4 is 21.3 Å². The van der Waals surface area contributed by atoms with E-state index in [1.807, 2.05) is 27.7 Å².